The van der Waals surface area contributed by atoms with Crippen molar-refractivity contribution in [2.75, 3.05) is 5.32 Å². The molecule has 2 aromatic rings. The number of hydrogen-bond acceptors (Lipinski definition) is 4. The lowest BCUT2D eigenvalue weighted by Crippen LogP contribution is -2.24. The maximum Gasteiger partial charge on any atom is 0.257 e. The first-order valence-electron chi connectivity index (χ1n) is 6.80. The highest BCUT2D eigenvalue weighted by molar-refractivity contribution is 7.15. The Morgan fingerprint density at radius 1 is 1.29 bits per heavy atom. The number of primary amides is 1. The maximum atomic E-state index is 12.1. The number of nitrogens with one attached hydrogen (secondary N) is 1. The summed E-state index contributed by atoms with van der Waals surface area (Å²) in [6.07, 6.45) is 2.55. The Hall–Kier alpha value is -2.21. The van der Waals surface area contributed by atoms with E-state index >= 15 is 0 Å². The summed E-state index contributed by atoms with van der Waals surface area (Å²) >= 11 is 1.43. The van der Waals surface area contributed by atoms with Crippen molar-refractivity contribution in [3.05, 3.63) is 46.5 Å². The molecular weight excluding hydrogens is 286 g/mol. The average molecular weight is 301 g/mol. The summed E-state index contributed by atoms with van der Waals surface area (Å²) in [5.74, 6) is -0.869. The average Bonchev–Trinajstić information content (AvgIpc) is 2.89. The highest BCUT2D eigenvalue weighted by Gasteiger charge is 2.29. The fourth-order valence-electron chi connectivity index (χ4n) is 2.51. The second-order valence-electron chi connectivity index (χ2n) is 4.99. The Morgan fingerprint density at radius 2 is 2.05 bits per heavy atom. The minimum Gasteiger partial charge on any atom is -0.369 e. The van der Waals surface area contributed by atoms with E-state index in [0.717, 1.165) is 29.8 Å². The molecule has 1 aromatic heterocycles. The number of nitrogens with zero attached hydrogens (tertiary/aromatic N) is 1. The lowest BCUT2D eigenvalue weighted by Gasteiger charge is -2.17. The van der Waals surface area contributed by atoms with Gasteiger partial charge in [0, 0.05) is 10.4 Å². The summed E-state index contributed by atoms with van der Waals surface area (Å²) in [4.78, 5) is 29.0. The molecule has 0 radical (unpaired) electrons. The molecule has 5 nitrogen and oxygen atoms in total. The molecule has 0 saturated heterocycles. The van der Waals surface area contributed by atoms with Crippen LogP contribution in [0.15, 0.2) is 30.3 Å². The first kappa shape index (κ1) is 13.8. The molecule has 0 aliphatic heterocycles. The molecule has 1 aromatic carbocycles. The number of carbonyl (C=O) groups excluding carboxylic acids is 2. The predicted molar refractivity (Wildman–Crippen MR) is 81.4 cm³/mol. The topological polar surface area (TPSA) is 85.1 Å². The van der Waals surface area contributed by atoms with Gasteiger partial charge in [0.1, 0.15) is 0 Å². The number of hydrogen-bond donors (Lipinski definition) is 2. The highest BCUT2D eigenvalue weighted by Crippen LogP contribution is 2.36. The molecule has 0 bridgehead atoms. The van der Waals surface area contributed by atoms with Gasteiger partial charge in [-0.3, -0.25) is 14.9 Å². The Balaban J connectivity index is 1.82. The van der Waals surface area contributed by atoms with E-state index in [4.69, 9.17) is 5.73 Å². The molecule has 2 amide bonds. The zero-order valence-corrected chi connectivity index (χ0v) is 12.2. The number of amides is 2. The van der Waals surface area contributed by atoms with Crippen LogP contribution in [0.2, 0.25) is 0 Å². The van der Waals surface area contributed by atoms with E-state index in [-0.39, 0.29) is 17.7 Å². The molecular formula is C15H15N3O2S. The lowest BCUT2D eigenvalue weighted by molar-refractivity contribution is -0.119. The van der Waals surface area contributed by atoms with Crippen LogP contribution in [0.4, 0.5) is 5.13 Å². The van der Waals surface area contributed by atoms with Crippen molar-refractivity contribution in [3.63, 3.8) is 0 Å². The van der Waals surface area contributed by atoms with Gasteiger partial charge in [-0.1, -0.05) is 18.2 Å². The highest BCUT2D eigenvalue weighted by atomic mass is 32.1. The van der Waals surface area contributed by atoms with Crippen molar-refractivity contribution in [2.24, 2.45) is 5.73 Å². The Kier molecular flexibility index (Phi) is 3.70. The van der Waals surface area contributed by atoms with Crippen molar-refractivity contribution in [1.29, 1.82) is 0 Å². The van der Waals surface area contributed by atoms with Crippen LogP contribution in [0, 0.1) is 0 Å². The van der Waals surface area contributed by atoms with Crippen molar-refractivity contribution < 1.29 is 9.59 Å². The van der Waals surface area contributed by atoms with Crippen LogP contribution in [0.1, 0.15) is 39.7 Å². The predicted octanol–water partition coefficient (Wildman–Crippen LogP) is 2.30. The van der Waals surface area contributed by atoms with Crippen molar-refractivity contribution >= 4 is 28.3 Å². The van der Waals surface area contributed by atoms with Crippen molar-refractivity contribution in [3.8, 4) is 0 Å². The number of thiazole rings is 1. The maximum absolute atomic E-state index is 12.1. The van der Waals surface area contributed by atoms with E-state index in [1.54, 1.807) is 12.1 Å². The smallest absolute Gasteiger partial charge is 0.257 e. The van der Waals surface area contributed by atoms with Crippen LogP contribution in [-0.4, -0.2) is 16.8 Å². The van der Waals surface area contributed by atoms with Gasteiger partial charge in [-0.05, 0) is 31.4 Å². The molecule has 1 atom stereocenters. The first-order valence-corrected chi connectivity index (χ1v) is 7.62. The van der Waals surface area contributed by atoms with Gasteiger partial charge in [0.25, 0.3) is 5.91 Å². The van der Waals surface area contributed by atoms with Gasteiger partial charge in [0.05, 0.1) is 11.6 Å². The zero-order chi connectivity index (χ0) is 14.8. The Morgan fingerprint density at radius 3 is 2.76 bits per heavy atom. The van der Waals surface area contributed by atoms with Gasteiger partial charge in [-0.25, -0.2) is 4.98 Å². The summed E-state index contributed by atoms with van der Waals surface area (Å²) in [7, 11) is 0. The standard InChI is InChI=1S/C15H15N3O2S/c16-13(19)10-7-4-8-11-12(10)17-15(21-11)18-14(20)9-5-2-1-3-6-9/h1-3,5-6,10H,4,7-8H2,(H2,16,19)(H,17,18,20). The molecule has 0 spiro atoms. The molecule has 1 heterocycles. The summed E-state index contributed by atoms with van der Waals surface area (Å²) < 4.78 is 0. The second kappa shape index (κ2) is 5.65. The van der Waals surface area contributed by atoms with Gasteiger partial charge in [-0.15, -0.1) is 11.3 Å². The summed E-state index contributed by atoms with van der Waals surface area (Å²) in [5, 5.41) is 3.32. The molecule has 1 unspecified atom stereocenters. The van der Waals surface area contributed by atoms with Crippen LogP contribution in [0.25, 0.3) is 0 Å². The molecule has 6 heteroatoms. The van der Waals surface area contributed by atoms with Gasteiger partial charge < -0.3 is 5.73 Å². The molecule has 1 aliphatic rings. The van der Waals surface area contributed by atoms with Crippen LogP contribution >= 0.6 is 11.3 Å². The largest absolute Gasteiger partial charge is 0.369 e. The number of benzene rings is 1. The van der Waals surface area contributed by atoms with Gasteiger partial charge in [0.15, 0.2) is 5.13 Å². The number of rotatable bonds is 3. The van der Waals surface area contributed by atoms with Crippen molar-refractivity contribution in [2.45, 2.75) is 25.2 Å². The van der Waals surface area contributed by atoms with Gasteiger partial charge >= 0.3 is 0 Å². The second-order valence-corrected chi connectivity index (χ2v) is 6.08. The summed E-state index contributed by atoms with van der Waals surface area (Å²) in [5.41, 5.74) is 6.74. The van der Waals surface area contributed by atoms with E-state index in [1.165, 1.54) is 11.3 Å². The SMILES string of the molecule is NC(=O)C1CCCc2sc(NC(=O)c3ccccc3)nc21. The zero-order valence-electron chi connectivity index (χ0n) is 11.3. The van der Waals surface area contributed by atoms with Crippen LogP contribution in [0.3, 0.4) is 0 Å². The van der Waals surface area contributed by atoms with Gasteiger partial charge in [0.2, 0.25) is 5.91 Å². The molecule has 108 valence electrons. The third-order valence-corrected chi connectivity index (χ3v) is 4.60. The summed E-state index contributed by atoms with van der Waals surface area (Å²) in [6, 6.07) is 8.97. The number of nitrogens with two attached hydrogens (primary N) is 1. The molecule has 0 fully saturated rings. The fraction of sp³-hybridized carbons (Fsp3) is 0.267. The molecule has 3 N–H and O–H groups in total. The number of aromatic nitrogens is 1. The quantitative estimate of drug-likeness (QED) is 0.912. The number of aryl methyl sites for hydroxylation is 1. The number of carbonyl (C=O) groups is 2. The van der Waals surface area contributed by atoms with E-state index in [9.17, 15) is 9.59 Å². The Labute approximate surface area is 126 Å². The molecule has 1 aliphatic carbocycles. The lowest BCUT2D eigenvalue weighted by atomic mass is 9.91. The number of fused-ring (bicyclic) bond motifs is 1. The molecule has 21 heavy (non-hydrogen) atoms. The van der Waals surface area contributed by atoms with Crippen molar-refractivity contribution in [1.82, 2.24) is 4.98 Å². The third kappa shape index (κ3) is 2.80. The minimum absolute atomic E-state index is 0.197. The molecule has 3 rings (SSSR count). The number of anilines is 1. The summed E-state index contributed by atoms with van der Waals surface area (Å²) in [6.45, 7) is 0. The van der Waals surface area contributed by atoms with Crippen LogP contribution in [0.5, 0.6) is 0 Å². The minimum atomic E-state index is -0.345. The van der Waals surface area contributed by atoms with E-state index in [0.29, 0.717) is 10.7 Å². The fourth-order valence-corrected chi connectivity index (χ4v) is 3.57. The third-order valence-electron chi connectivity index (χ3n) is 3.55. The van der Waals surface area contributed by atoms with Crippen LogP contribution in [-0.2, 0) is 11.2 Å². The monoisotopic (exact) mass is 301 g/mol. The van der Waals surface area contributed by atoms with E-state index in [1.807, 2.05) is 18.2 Å². The van der Waals surface area contributed by atoms with Gasteiger partial charge in [-0.2, -0.15) is 0 Å². The van der Waals surface area contributed by atoms with Crippen LogP contribution < -0.4 is 11.1 Å². The van der Waals surface area contributed by atoms with E-state index in [2.05, 4.69) is 10.3 Å². The Bertz CT molecular complexity index is 681. The normalized spacial score (nSPS) is 17.0. The van der Waals surface area contributed by atoms with E-state index < -0.39 is 0 Å². The first-order chi connectivity index (χ1) is 10.1. The molecule has 0 saturated carbocycles.